The Balaban J connectivity index is 1.77. The molecule has 2 heterocycles. The molecule has 1 N–H and O–H groups in total. The first kappa shape index (κ1) is 26.5. The van der Waals surface area contributed by atoms with Gasteiger partial charge in [0.15, 0.2) is 5.13 Å². The largest absolute Gasteiger partial charge is 0.496 e. The van der Waals surface area contributed by atoms with Crippen LogP contribution in [-0.4, -0.2) is 42.8 Å². The van der Waals surface area contributed by atoms with Crippen LogP contribution in [0.1, 0.15) is 33.4 Å². The van der Waals surface area contributed by atoms with Gasteiger partial charge in [0.2, 0.25) is 0 Å². The summed E-state index contributed by atoms with van der Waals surface area (Å²) in [5.74, 6) is 0.239. The van der Waals surface area contributed by atoms with Crippen LogP contribution in [0.25, 0.3) is 22.2 Å². The lowest BCUT2D eigenvalue weighted by Crippen LogP contribution is -2.21. The minimum absolute atomic E-state index is 0.0856. The molecule has 10 heteroatoms. The first-order valence-electron chi connectivity index (χ1n) is 11.6. The Bertz CT molecular complexity index is 1510. The Morgan fingerprint density at radius 1 is 1.08 bits per heavy atom. The number of nitrogens with zero attached hydrogens (tertiary/aromatic N) is 2. The number of rotatable bonds is 8. The predicted molar refractivity (Wildman–Crippen MR) is 146 cm³/mol. The fourth-order valence-corrected chi connectivity index (χ4v) is 5.49. The fourth-order valence-electron chi connectivity index (χ4n) is 4.34. The van der Waals surface area contributed by atoms with Crippen LogP contribution >= 0.6 is 22.9 Å². The second kappa shape index (κ2) is 10.8. The van der Waals surface area contributed by atoms with E-state index in [1.807, 2.05) is 39.0 Å². The molecule has 8 nitrogen and oxygen atoms in total. The Hall–Kier alpha value is -3.56. The number of thiazole rings is 1. The third kappa shape index (κ3) is 5.01. The number of esters is 1. The van der Waals surface area contributed by atoms with Crippen molar-refractivity contribution in [3.05, 3.63) is 57.1 Å². The molecule has 37 heavy (non-hydrogen) atoms. The predicted octanol–water partition coefficient (Wildman–Crippen LogP) is 6.04. The molecule has 0 aliphatic rings. The summed E-state index contributed by atoms with van der Waals surface area (Å²) in [5.41, 5.74) is 4.39. The van der Waals surface area contributed by atoms with Gasteiger partial charge < -0.3 is 18.8 Å². The van der Waals surface area contributed by atoms with E-state index in [2.05, 4.69) is 5.32 Å². The van der Waals surface area contributed by atoms with E-state index >= 15 is 0 Å². The van der Waals surface area contributed by atoms with Gasteiger partial charge in [-0.15, -0.1) is 11.3 Å². The molecule has 2 aromatic carbocycles. The molecule has 0 spiro atoms. The molecule has 0 unspecified atom stereocenters. The number of ether oxygens (including phenoxy) is 3. The van der Waals surface area contributed by atoms with Gasteiger partial charge in [-0.05, 0) is 44.0 Å². The maximum atomic E-state index is 13.6. The summed E-state index contributed by atoms with van der Waals surface area (Å²) >= 11 is 7.67. The molecule has 0 bridgehead atoms. The van der Waals surface area contributed by atoms with Crippen LogP contribution in [0.4, 0.5) is 5.13 Å². The summed E-state index contributed by atoms with van der Waals surface area (Å²) in [4.78, 5) is 31.5. The van der Waals surface area contributed by atoms with Gasteiger partial charge in [-0.2, -0.15) is 0 Å². The van der Waals surface area contributed by atoms with Gasteiger partial charge in [-0.3, -0.25) is 14.9 Å². The number of aryl methyl sites for hydroxylation is 3. The zero-order valence-corrected chi connectivity index (χ0v) is 23.1. The average Bonchev–Trinajstić information content (AvgIpc) is 3.41. The van der Waals surface area contributed by atoms with Crippen LogP contribution in [0.5, 0.6) is 11.5 Å². The van der Waals surface area contributed by atoms with E-state index in [1.165, 1.54) is 18.4 Å². The van der Waals surface area contributed by atoms with Crippen molar-refractivity contribution >= 4 is 50.8 Å². The number of aromatic nitrogens is 2. The highest BCUT2D eigenvalue weighted by molar-refractivity contribution is 7.16. The third-order valence-electron chi connectivity index (χ3n) is 6.17. The highest BCUT2D eigenvalue weighted by Crippen LogP contribution is 2.42. The number of anilines is 1. The zero-order chi connectivity index (χ0) is 26.9. The van der Waals surface area contributed by atoms with E-state index in [0.29, 0.717) is 45.0 Å². The van der Waals surface area contributed by atoms with E-state index in [1.54, 1.807) is 30.9 Å². The maximum Gasteiger partial charge on any atom is 0.325 e. The number of carbonyl (C=O) groups excluding carboxylic acids is 2. The summed E-state index contributed by atoms with van der Waals surface area (Å²) in [6.07, 6.45) is 0.692. The number of methoxy groups -OCH3 is 3. The minimum atomic E-state index is -0.444. The summed E-state index contributed by atoms with van der Waals surface area (Å²) in [7, 11) is 4.43. The van der Waals surface area contributed by atoms with Crippen molar-refractivity contribution in [3.63, 3.8) is 0 Å². The molecule has 4 aromatic rings. The number of hydrogen-bond acceptors (Lipinski definition) is 7. The molecular formula is C27H28ClN3O5S. The van der Waals surface area contributed by atoms with Crippen molar-refractivity contribution in [2.75, 3.05) is 26.6 Å². The fraction of sp³-hybridized carbons (Fsp3) is 0.296. The quantitative estimate of drug-likeness (QED) is 0.273. The van der Waals surface area contributed by atoms with Gasteiger partial charge in [-0.25, -0.2) is 4.98 Å². The summed E-state index contributed by atoms with van der Waals surface area (Å²) in [6.45, 7) is 5.79. The van der Waals surface area contributed by atoms with Crippen LogP contribution in [0.2, 0.25) is 5.02 Å². The molecule has 0 aliphatic heterocycles. The van der Waals surface area contributed by atoms with E-state index in [9.17, 15) is 9.59 Å². The van der Waals surface area contributed by atoms with Crippen LogP contribution in [-0.2, 0) is 22.5 Å². The van der Waals surface area contributed by atoms with Crippen molar-refractivity contribution in [3.8, 4) is 22.8 Å². The molecule has 194 valence electrons. The second-order valence-electron chi connectivity index (χ2n) is 8.44. The molecule has 4 rings (SSSR count). The monoisotopic (exact) mass is 541 g/mol. The molecular weight excluding hydrogens is 514 g/mol. The third-order valence-corrected chi connectivity index (χ3v) is 7.58. The number of nitrogens with one attached hydrogen (secondary N) is 1. The topological polar surface area (TPSA) is 91.7 Å². The lowest BCUT2D eigenvalue weighted by atomic mass is 10.1. The first-order valence-corrected chi connectivity index (χ1v) is 12.8. The Morgan fingerprint density at radius 3 is 2.46 bits per heavy atom. The lowest BCUT2D eigenvalue weighted by Gasteiger charge is -2.11. The highest BCUT2D eigenvalue weighted by Gasteiger charge is 2.25. The van der Waals surface area contributed by atoms with Crippen LogP contribution in [0, 0.1) is 13.8 Å². The smallest absolute Gasteiger partial charge is 0.325 e. The molecule has 0 radical (unpaired) electrons. The average molecular weight is 542 g/mol. The standard InChI is InChI=1S/C27H28ClN3O5S/c1-7-22-24(17-11-21(35-5)18(28)12-20(17)34-4)29-27(37-22)30-26(33)25-15(3)16-10-14(2)8-9-19(16)31(25)13-23(32)36-6/h8-12H,7,13H2,1-6H3,(H,29,30,33). The Kier molecular flexibility index (Phi) is 7.75. The molecule has 1 amide bonds. The minimum Gasteiger partial charge on any atom is -0.496 e. The van der Waals surface area contributed by atoms with Crippen LogP contribution < -0.4 is 14.8 Å². The Morgan fingerprint density at radius 2 is 1.81 bits per heavy atom. The number of fused-ring (bicyclic) bond motifs is 1. The van der Waals surface area contributed by atoms with Gasteiger partial charge in [-0.1, -0.05) is 30.2 Å². The second-order valence-corrected chi connectivity index (χ2v) is 9.93. The molecule has 2 aromatic heterocycles. The van der Waals surface area contributed by atoms with Crippen molar-refractivity contribution in [1.29, 1.82) is 0 Å². The van der Waals surface area contributed by atoms with Crippen LogP contribution in [0.3, 0.4) is 0 Å². The van der Waals surface area contributed by atoms with Gasteiger partial charge in [0, 0.05) is 27.4 Å². The van der Waals surface area contributed by atoms with Gasteiger partial charge in [0.05, 0.1) is 32.0 Å². The molecule has 0 saturated carbocycles. The zero-order valence-electron chi connectivity index (χ0n) is 21.5. The highest BCUT2D eigenvalue weighted by atomic mass is 35.5. The van der Waals surface area contributed by atoms with E-state index < -0.39 is 5.97 Å². The molecule has 0 aliphatic carbocycles. The summed E-state index contributed by atoms with van der Waals surface area (Å²) in [6, 6.07) is 9.33. The van der Waals surface area contributed by atoms with E-state index in [-0.39, 0.29) is 12.5 Å². The van der Waals surface area contributed by atoms with Crippen molar-refractivity contribution in [2.24, 2.45) is 0 Å². The number of carbonyl (C=O) groups is 2. The van der Waals surface area contributed by atoms with Crippen molar-refractivity contribution in [1.82, 2.24) is 9.55 Å². The first-order chi connectivity index (χ1) is 17.7. The van der Waals surface area contributed by atoms with Gasteiger partial charge >= 0.3 is 5.97 Å². The molecule has 0 saturated heterocycles. The lowest BCUT2D eigenvalue weighted by molar-refractivity contribution is -0.141. The molecule has 0 atom stereocenters. The number of benzene rings is 2. The van der Waals surface area contributed by atoms with Crippen molar-refractivity contribution in [2.45, 2.75) is 33.7 Å². The van der Waals surface area contributed by atoms with Gasteiger partial charge in [0.1, 0.15) is 23.7 Å². The molecule has 0 fully saturated rings. The summed E-state index contributed by atoms with van der Waals surface area (Å²) < 4.78 is 17.5. The Labute approximate surface area is 224 Å². The van der Waals surface area contributed by atoms with Crippen LogP contribution in [0.15, 0.2) is 30.3 Å². The maximum absolute atomic E-state index is 13.6. The number of halogens is 1. The van der Waals surface area contributed by atoms with E-state index in [0.717, 1.165) is 26.9 Å². The van der Waals surface area contributed by atoms with E-state index in [4.69, 9.17) is 30.8 Å². The summed E-state index contributed by atoms with van der Waals surface area (Å²) in [5, 5.41) is 4.70. The SMILES string of the molecule is CCc1sc(NC(=O)c2c(C)c3cc(C)ccc3n2CC(=O)OC)nc1-c1cc(OC)c(Cl)cc1OC. The normalized spacial score (nSPS) is 11.0. The number of amides is 1. The number of hydrogen-bond donors (Lipinski definition) is 1. The van der Waals surface area contributed by atoms with Gasteiger partial charge in [0.25, 0.3) is 5.91 Å². The van der Waals surface area contributed by atoms with Crippen molar-refractivity contribution < 1.29 is 23.8 Å².